The van der Waals surface area contributed by atoms with Crippen LogP contribution in [0, 0.1) is 0 Å². The maximum absolute atomic E-state index is 5.87. The van der Waals surface area contributed by atoms with E-state index in [2.05, 4.69) is 47.8 Å². The molecule has 0 aliphatic rings. The van der Waals surface area contributed by atoms with Crippen LogP contribution in [0.1, 0.15) is 44.4 Å². The number of rotatable bonds is 6. The molecule has 1 aromatic heterocycles. The molecule has 0 saturated carbocycles. The van der Waals surface area contributed by atoms with Crippen molar-refractivity contribution in [2.24, 2.45) is 0 Å². The molecule has 0 atom stereocenters. The van der Waals surface area contributed by atoms with Gasteiger partial charge in [-0.25, -0.2) is 9.97 Å². The summed E-state index contributed by atoms with van der Waals surface area (Å²) in [6, 6.07) is 10.1. The molecule has 4 heteroatoms. The molecule has 0 aliphatic heterocycles. The van der Waals surface area contributed by atoms with Gasteiger partial charge in [-0.3, -0.25) is 0 Å². The Morgan fingerprint density at radius 1 is 1.19 bits per heavy atom. The molecule has 0 spiro atoms. The van der Waals surface area contributed by atoms with Gasteiger partial charge in [-0.15, -0.1) is 0 Å². The van der Waals surface area contributed by atoms with Crippen LogP contribution in [0.3, 0.4) is 0 Å². The minimum absolute atomic E-state index is 0.405. The van der Waals surface area contributed by atoms with Crippen molar-refractivity contribution in [2.45, 2.75) is 39.7 Å². The molecule has 0 radical (unpaired) electrons. The summed E-state index contributed by atoms with van der Waals surface area (Å²) in [5.41, 5.74) is 8.95. The Hall–Kier alpha value is -2.10. The molecule has 112 valence electrons. The van der Waals surface area contributed by atoms with Crippen LogP contribution in [0.25, 0.3) is 0 Å². The van der Waals surface area contributed by atoms with Gasteiger partial charge < -0.3 is 10.6 Å². The number of nitrogen functional groups attached to an aromatic ring is 1. The Bertz CT molecular complexity index is 581. The summed E-state index contributed by atoms with van der Waals surface area (Å²) < 4.78 is 0. The van der Waals surface area contributed by atoms with E-state index >= 15 is 0 Å². The molecular weight excluding hydrogens is 260 g/mol. The lowest BCUT2D eigenvalue weighted by atomic mass is 10.1. The molecular formula is C17H24N4. The predicted octanol–water partition coefficient (Wildman–Crippen LogP) is 3.60. The van der Waals surface area contributed by atoms with E-state index in [0.717, 1.165) is 36.7 Å². The lowest BCUT2D eigenvalue weighted by molar-refractivity contribution is 0.742. The van der Waals surface area contributed by atoms with Crippen LogP contribution in [-0.2, 0) is 6.54 Å². The second-order valence-corrected chi connectivity index (χ2v) is 5.62. The molecule has 0 unspecified atom stereocenters. The zero-order valence-corrected chi connectivity index (χ0v) is 13.1. The third kappa shape index (κ3) is 4.18. The van der Waals surface area contributed by atoms with Crippen LogP contribution < -0.4 is 10.6 Å². The van der Waals surface area contributed by atoms with Crippen molar-refractivity contribution in [1.29, 1.82) is 0 Å². The van der Waals surface area contributed by atoms with Gasteiger partial charge in [0, 0.05) is 30.5 Å². The molecule has 2 aromatic rings. The number of anilines is 2. The number of hydrogen-bond acceptors (Lipinski definition) is 4. The van der Waals surface area contributed by atoms with Gasteiger partial charge in [-0.1, -0.05) is 32.9 Å². The summed E-state index contributed by atoms with van der Waals surface area (Å²) in [5, 5.41) is 0. The maximum Gasteiger partial charge on any atom is 0.132 e. The van der Waals surface area contributed by atoms with Gasteiger partial charge in [0.25, 0.3) is 0 Å². The monoisotopic (exact) mass is 284 g/mol. The number of hydrogen-bond donors (Lipinski definition) is 1. The highest BCUT2D eigenvalue weighted by Crippen LogP contribution is 2.20. The molecule has 21 heavy (non-hydrogen) atoms. The minimum atomic E-state index is 0.405. The smallest absolute Gasteiger partial charge is 0.132 e. The first-order valence-electron chi connectivity index (χ1n) is 7.51. The summed E-state index contributed by atoms with van der Waals surface area (Å²) in [6.07, 6.45) is 2.73. The largest absolute Gasteiger partial charge is 0.399 e. The Balaban J connectivity index is 2.24. The normalized spacial score (nSPS) is 10.9. The first-order valence-corrected chi connectivity index (χ1v) is 7.51. The second kappa shape index (κ2) is 7.07. The van der Waals surface area contributed by atoms with Crippen molar-refractivity contribution in [3.63, 3.8) is 0 Å². The molecule has 2 rings (SSSR count). The fraction of sp³-hybridized carbons (Fsp3) is 0.412. The van der Waals surface area contributed by atoms with Crippen molar-refractivity contribution in [3.05, 3.63) is 47.9 Å². The summed E-state index contributed by atoms with van der Waals surface area (Å²) in [6.45, 7) is 8.25. The fourth-order valence-corrected chi connectivity index (χ4v) is 2.31. The van der Waals surface area contributed by atoms with Crippen LogP contribution in [-0.4, -0.2) is 16.5 Å². The van der Waals surface area contributed by atoms with Gasteiger partial charge in [0.2, 0.25) is 0 Å². The third-order valence-electron chi connectivity index (χ3n) is 3.41. The Morgan fingerprint density at radius 2 is 2.00 bits per heavy atom. The Kier molecular flexibility index (Phi) is 5.14. The van der Waals surface area contributed by atoms with Crippen molar-refractivity contribution in [1.82, 2.24) is 9.97 Å². The Labute approximate surface area is 127 Å². The van der Waals surface area contributed by atoms with E-state index in [0.29, 0.717) is 5.92 Å². The predicted molar refractivity (Wildman–Crippen MR) is 88.3 cm³/mol. The number of nitrogens with two attached hydrogens (primary N) is 1. The number of aromatic nitrogens is 2. The lowest BCUT2D eigenvalue weighted by Gasteiger charge is -2.24. The summed E-state index contributed by atoms with van der Waals surface area (Å²) in [7, 11) is 0. The third-order valence-corrected chi connectivity index (χ3v) is 3.41. The van der Waals surface area contributed by atoms with Crippen molar-refractivity contribution in [3.8, 4) is 0 Å². The molecule has 1 aromatic carbocycles. The summed E-state index contributed by atoms with van der Waals surface area (Å²) >= 11 is 0. The van der Waals surface area contributed by atoms with Gasteiger partial charge in [-0.2, -0.15) is 0 Å². The highest BCUT2D eigenvalue weighted by molar-refractivity contribution is 5.44. The van der Waals surface area contributed by atoms with Gasteiger partial charge >= 0.3 is 0 Å². The first kappa shape index (κ1) is 15.3. The SMILES string of the molecule is CCCN(Cc1cccc(N)c1)c1cc(C(C)C)ncn1. The number of nitrogens with zero attached hydrogens (tertiary/aromatic N) is 3. The van der Waals surface area contributed by atoms with Crippen LogP contribution in [0.5, 0.6) is 0 Å². The van der Waals surface area contributed by atoms with Gasteiger partial charge in [0.05, 0.1) is 0 Å². The van der Waals surface area contributed by atoms with Crippen molar-refractivity contribution in [2.75, 3.05) is 17.2 Å². The van der Waals surface area contributed by atoms with Gasteiger partial charge in [-0.05, 0) is 30.0 Å². The molecule has 4 nitrogen and oxygen atoms in total. The minimum Gasteiger partial charge on any atom is -0.399 e. The maximum atomic E-state index is 5.87. The highest BCUT2D eigenvalue weighted by Gasteiger charge is 2.11. The molecule has 2 N–H and O–H groups in total. The molecule has 0 aliphatic carbocycles. The molecule has 0 bridgehead atoms. The van der Waals surface area contributed by atoms with E-state index in [-0.39, 0.29) is 0 Å². The average molecular weight is 284 g/mol. The summed E-state index contributed by atoms with van der Waals surface area (Å²) in [5.74, 6) is 1.39. The lowest BCUT2D eigenvalue weighted by Crippen LogP contribution is -2.24. The van der Waals surface area contributed by atoms with E-state index in [1.165, 1.54) is 5.56 Å². The molecule has 0 fully saturated rings. The molecule has 0 saturated heterocycles. The second-order valence-electron chi connectivity index (χ2n) is 5.62. The van der Waals surface area contributed by atoms with E-state index in [4.69, 9.17) is 5.73 Å². The van der Waals surface area contributed by atoms with Crippen LogP contribution >= 0.6 is 0 Å². The average Bonchev–Trinajstić information content (AvgIpc) is 2.47. The van der Waals surface area contributed by atoms with E-state index < -0.39 is 0 Å². The van der Waals surface area contributed by atoms with Crippen LogP contribution in [0.15, 0.2) is 36.7 Å². The van der Waals surface area contributed by atoms with Crippen molar-refractivity contribution >= 4 is 11.5 Å². The zero-order chi connectivity index (χ0) is 15.2. The quantitative estimate of drug-likeness (QED) is 0.823. The number of benzene rings is 1. The van der Waals surface area contributed by atoms with Crippen molar-refractivity contribution < 1.29 is 0 Å². The highest BCUT2D eigenvalue weighted by atomic mass is 15.2. The van der Waals surface area contributed by atoms with Gasteiger partial charge in [0.15, 0.2) is 0 Å². The zero-order valence-electron chi connectivity index (χ0n) is 13.1. The Morgan fingerprint density at radius 3 is 2.67 bits per heavy atom. The molecule has 1 heterocycles. The fourth-order valence-electron chi connectivity index (χ4n) is 2.31. The first-order chi connectivity index (χ1) is 10.1. The standard InChI is InChI=1S/C17H24N4/c1-4-8-21(11-14-6-5-7-15(18)9-14)17-10-16(13(2)3)19-12-20-17/h5-7,9-10,12-13H,4,8,11,18H2,1-3H3. The van der Waals surface area contributed by atoms with Crippen LogP contribution in [0.4, 0.5) is 11.5 Å². The van der Waals surface area contributed by atoms with E-state index in [9.17, 15) is 0 Å². The van der Waals surface area contributed by atoms with E-state index in [1.54, 1.807) is 6.33 Å². The summed E-state index contributed by atoms with van der Waals surface area (Å²) in [4.78, 5) is 11.1. The van der Waals surface area contributed by atoms with Gasteiger partial charge in [0.1, 0.15) is 12.1 Å². The van der Waals surface area contributed by atoms with E-state index in [1.807, 2.05) is 18.2 Å². The topological polar surface area (TPSA) is 55.0 Å². The molecule has 0 amide bonds. The van der Waals surface area contributed by atoms with Crippen LogP contribution in [0.2, 0.25) is 0 Å².